The van der Waals surface area contributed by atoms with Gasteiger partial charge in [-0.2, -0.15) is 0 Å². The molecule has 100 valence electrons. The van der Waals surface area contributed by atoms with E-state index in [0.717, 1.165) is 5.56 Å². The SMILES string of the molecule is Nc1cccc(CCC(=O)OCCOCCO)c1. The summed E-state index contributed by atoms with van der Waals surface area (Å²) < 4.78 is 9.93. The highest BCUT2D eigenvalue weighted by Gasteiger charge is 2.03. The fourth-order valence-corrected chi connectivity index (χ4v) is 1.45. The molecule has 0 aromatic heterocycles. The maximum absolute atomic E-state index is 11.4. The van der Waals surface area contributed by atoms with E-state index >= 15 is 0 Å². The second-order valence-electron chi connectivity index (χ2n) is 3.80. The zero-order valence-corrected chi connectivity index (χ0v) is 10.3. The third-order valence-corrected chi connectivity index (χ3v) is 2.30. The Morgan fingerprint density at radius 3 is 2.83 bits per heavy atom. The van der Waals surface area contributed by atoms with Crippen molar-refractivity contribution in [3.05, 3.63) is 29.8 Å². The Hall–Kier alpha value is -1.59. The molecule has 0 aliphatic rings. The van der Waals surface area contributed by atoms with Crippen molar-refractivity contribution in [2.75, 3.05) is 32.2 Å². The van der Waals surface area contributed by atoms with Crippen molar-refractivity contribution in [2.45, 2.75) is 12.8 Å². The summed E-state index contributed by atoms with van der Waals surface area (Å²) in [6.45, 7) is 0.768. The Labute approximate surface area is 107 Å². The maximum Gasteiger partial charge on any atom is 0.306 e. The van der Waals surface area contributed by atoms with Gasteiger partial charge in [0, 0.05) is 12.1 Å². The van der Waals surface area contributed by atoms with Gasteiger partial charge in [-0.15, -0.1) is 0 Å². The van der Waals surface area contributed by atoms with Crippen LogP contribution in [0.2, 0.25) is 0 Å². The molecule has 0 bridgehead atoms. The molecule has 0 spiro atoms. The van der Waals surface area contributed by atoms with Crippen LogP contribution in [0.15, 0.2) is 24.3 Å². The van der Waals surface area contributed by atoms with Crippen LogP contribution in [-0.4, -0.2) is 37.5 Å². The summed E-state index contributed by atoms with van der Waals surface area (Å²) in [6.07, 6.45) is 0.935. The number of aryl methyl sites for hydroxylation is 1. The molecule has 0 saturated carbocycles. The van der Waals surface area contributed by atoms with E-state index in [1.807, 2.05) is 18.2 Å². The lowest BCUT2D eigenvalue weighted by Crippen LogP contribution is -2.12. The van der Waals surface area contributed by atoms with Gasteiger partial charge in [0.2, 0.25) is 0 Å². The molecule has 18 heavy (non-hydrogen) atoms. The molecule has 3 N–H and O–H groups in total. The van der Waals surface area contributed by atoms with Crippen LogP contribution in [0.25, 0.3) is 0 Å². The van der Waals surface area contributed by atoms with Crippen molar-refractivity contribution in [2.24, 2.45) is 0 Å². The number of anilines is 1. The molecule has 0 aliphatic carbocycles. The van der Waals surface area contributed by atoms with E-state index in [-0.39, 0.29) is 25.8 Å². The van der Waals surface area contributed by atoms with E-state index in [0.29, 0.717) is 25.1 Å². The first-order chi connectivity index (χ1) is 8.72. The Balaban J connectivity index is 2.13. The number of aliphatic hydroxyl groups is 1. The minimum atomic E-state index is -0.259. The molecule has 1 rings (SSSR count). The summed E-state index contributed by atoms with van der Waals surface area (Å²) in [5.74, 6) is -0.259. The third kappa shape index (κ3) is 6.22. The van der Waals surface area contributed by atoms with Gasteiger partial charge in [0.25, 0.3) is 0 Å². The first-order valence-electron chi connectivity index (χ1n) is 5.91. The molecule has 0 aliphatic heterocycles. The topological polar surface area (TPSA) is 81.8 Å². The van der Waals surface area contributed by atoms with Crippen molar-refractivity contribution >= 4 is 11.7 Å². The van der Waals surface area contributed by atoms with Crippen LogP contribution in [0.4, 0.5) is 5.69 Å². The first kappa shape index (κ1) is 14.5. The zero-order valence-electron chi connectivity index (χ0n) is 10.3. The second kappa shape index (κ2) is 8.49. The van der Waals surface area contributed by atoms with E-state index in [9.17, 15) is 4.79 Å². The normalized spacial score (nSPS) is 10.3. The summed E-state index contributed by atoms with van der Waals surface area (Å²) >= 11 is 0. The number of hydrogen-bond donors (Lipinski definition) is 2. The Kier molecular flexibility index (Phi) is 6.83. The minimum absolute atomic E-state index is 0.0244. The number of nitrogens with two attached hydrogens (primary N) is 1. The molecule has 0 atom stereocenters. The number of benzene rings is 1. The summed E-state index contributed by atoms with van der Waals surface area (Å²) in [6, 6.07) is 7.44. The van der Waals surface area contributed by atoms with E-state index in [2.05, 4.69) is 0 Å². The lowest BCUT2D eigenvalue weighted by atomic mass is 10.1. The van der Waals surface area contributed by atoms with Crippen molar-refractivity contribution < 1.29 is 19.4 Å². The maximum atomic E-state index is 11.4. The quantitative estimate of drug-likeness (QED) is 0.406. The highest BCUT2D eigenvalue weighted by Crippen LogP contribution is 2.09. The third-order valence-electron chi connectivity index (χ3n) is 2.30. The molecule has 1 aromatic rings. The van der Waals surface area contributed by atoms with Crippen molar-refractivity contribution in [3.8, 4) is 0 Å². The van der Waals surface area contributed by atoms with Crippen molar-refractivity contribution in [3.63, 3.8) is 0 Å². The zero-order chi connectivity index (χ0) is 13.2. The molecule has 0 fully saturated rings. The summed E-state index contributed by atoms with van der Waals surface area (Å²) in [7, 11) is 0. The number of aliphatic hydroxyl groups excluding tert-OH is 1. The van der Waals surface area contributed by atoms with E-state index in [4.69, 9.17) is 20.3 Å². The number of nitrogen functional groups attached to an aromatic ring is 1. The minimum Gasteiger partial charge on any atom is -0.463 e. The van der Waals surface area contributed by atoms with Gasteiger partial charge in [-0.3, -0.25) is 4.79 Å². The number of ether oxygens (including phenoxy) is 2. The van der Waals surface area contributed by atoms with Crippen LogP contribution in [0.1, 0.15) is 12.0 Å². The number of carbonyl (C=O) groups excluding carboxylic acids is 1. The van der Waals surface area contributed by atoms with Gasteiger partial charge in [-0.1, -0.05) is 12.1 Å². The van der Waals surface area contributed by atoms with E-state index < -0.39 is 0 Å². The lowest BCUT2D eigenvalue weighted by Gasteiger charge is -2.05. The van der Waals surface area contributed by atoms with Crippen LogP contribution in [-0.2, 0) is 20.7 Å². The van der Waals surface area contributed by atoms with Crippen molar-refractivity contribution in [1.82, 2.24) is 0 Å². The summed E-state index contributed by atoms with van der Waals surface area (Å²) in [5, 5.41) is 8.46. The van der Waals surface area contributed by atoms with Gasteiger partial charge in [-0.05, 0) is 24.1 Å². The molecule has 0 heterocycles. The van der Waals surface area contributed by atoms with Gasteiger partial charge in [0.15, 0.2) is 0 Å². The molecule has 5 heteroatoms. The molecule has 0 unspecified atom stereocenters. The largest absolute Gasteiger partial charge is 0.463 e. The van der Waals surface area contributed by atoms with E-state index in [1.54, 1.807) is 6.07 Å². The van der Waals surface area contributed by atoms with Gasteiger partial charge < -0.3 is 20.3 Å². The predicted octanol–water partition coefficient (Wildman–Crippen LogP) is 0.753. The van der Waals surface area contributed by atoms with Gasteiger partial charge in [0.05, 0.1) is 19.8 Å². The molecule has 0 radical (unpaired) electrons. The Morgan fingerprint density at radius 2 is 2.11 bits per heavy atom. The highest BCUT2D eigenvalue weighted by atomic mass is 16.6. The highest BCUT2D eigenvalue weighted by molar-refractivity contribution is 5.69. The fourth-order valence-electron chi connectivity index (χ4n) is 1.45. The molecule has 1 aromatic carbocycles. The van der Waals surface area contributed by atoms with Crippen LogP contribution >= 0.6 is 0 Å². The molecule has 0 amide bonds. The number of rotatable bonds is 8. The average Bonchev–Trinajstić information content (AvgIpc) is 2.36. The Bertz CT molecular complexity index is 368. The van der Waals surface area contributed by atoms with Crippen LogP contribution in [0.5, 0.6) is 0 Å². The first-order valence-corrected chi connectivity index (χ1v) is 5.91. The van der Waals surface area contributed by atoms with Crippen LogP contribution in [0, 0.1) is 0 Å². The number of hydrogen-bond acceptors (Lipinski definition) is 5. The Morgan fingerprint density at radius 1 is 1.28 bits per heavy atom. The van der Waals surface area contributed by atoms with Gasteiger partial charge in [0.1, 0.15) is 6.61 Å². The molecular weight excluding hydrogens is 234 g/mol. The summed E-state index contributed by atoms with van der Waals surface area (Å²) in [4.78, 5) is 11.4. The van der Waals surface area contributed by atoms with Crippen LogP contribution in [0.3, 0.4) is 0 Å². The average molecular weight is 253 g/mol. The predicted molar refractivity (Wildman–Crippen MR) is 68.0 cm³/mol. The number of esters is 1. The molecular formula is C13H19NO4. The van der Waals surface area contributed by atoms with E-state index in [1.165, 1.54) is 0 Å². The monoisotopic (exact) mass is 253 g/mol. The lowest BCUT2D eigenvalue weighted by molar-refractivity contribution is -0.145. The standard InChI is InChI=1S/C13H19NO4/c14-12-3-1-2-11(10-12)4-5-13(16)18-9-8-17-7-6-15/h1-3,10,15H,4-9,14H2. The number of carbonyl (C=O) groups is 1. The van der Waals surface area contributed by atoms with Gasteiger partial charge >= 0.3 is 5.97 Å². The van der Waals surface area contributed by atoms with Crippen molar-refractivity contribution in [1.29, 1.82) is 0 Å². The molecule has 0 saturated heterocycles. The smallest absolute Gasteiger partial charge is 0.306 e. The second-order valence-corrected chi connectivity index (χ2v) is 3.80. The fraction of sp³-hybridized carbons (Fsp3) is 0.462. The van der Waals surface area contributed by atoms with Gasteiger partial charge in [-0.25, -0.2) is 0 Å². The summed E-state index contributed by atoms with van der Waals surface area (Å²) in [5.41, 5.74) is 7.35. The van der Waals surface area contributed by atoms with Crippen LogP contribution < -0.4 is 5.73 Å². The molecule has 5 nitrogen and oxygen atoms in total.